The van der Waals surface area contributed by atoms with Crippen LogP contribution in [0.5, 0.6) is 0 Å². The molecule has 0 heterocycles. The van der Waals surface area contributed by atoms with Crippen molar-refractivity contribution in [2.45, 2.75) is 100 Å². The van der Waals surface area contributed by atoms with Gasteiger partial charge in [-0.1, -0.05) is 0 Å². The van der Waals surface area contributed by atoms with E-state index in [1.54, 1.807) is 13.8 Å². The third-order valence-corrected chi connectivity index (χ3v) is 6.57. The first-order valence-corrected chi connectivity index (χ1v) is 14.2. The zero-order valence-electron chi connectivity index (χ0n) is 25.0. The highest BCUT2D eigenvalue weighted by Crippen LogP contribution is 2.18. The van der Waals surface area contributed by atoms with E-state index in [9.17, 15) is 43.5 Å². The summed E-state index contributed by atoms with van der Waals surface area (Å²) in [5.74, 6) is -8.42. The molecule has 0 aliphatic rings. The molecule has 0 unspecified atom stereocenters. The van der Waals surface area contributed by atoms with Crippen molar-refractivity contribution in [3.63, 3.8) is 0 Å². The Kier molecular flexibility index (Phi) is 16.2. The average Bonchev–Trinajstić information content (AvgIpc) is 2.87. The predicted molar refractivity (Wildman–Crippen MR) is 162 cm³/mol. The van der Waals surface area contributed by atoms with E-state index in [2.05, 4.69) is 51.8 Å². The van der Waals surface area contributed by atoms with Gasteiger partial charge in [0.05, 0.1) is 12.6 Å². The van der Waals surface area contributed by atoms with Gasteiger partial charge < -0.3 is 47.6 Å². The molecule has 0 bridgehead atoms. The van der Waals surface area contributed by atoms with E-state index in [4.69, 9.17) is 15.9 Å². The number of carbonyl (C=O) groups is 8. The summed E-state index contributed by atoms with van der Waals surface area (Å²) in [5.41, 5.74) is 5.82. The van der Waals surface area contributed by atoms with Crippen molar-refractivity contribution in [2.24, 2.45) is 5.73 Å². The largest absolute Gasteiger partial charge is 0.481 e. The Morgan fingerprint density at radius 1 is 0.682 bits per heavy atom. The summed E-state index contributed by atoms with van der Waals surface area (Å²) in [7, 11) is 0. The lowest BCUT2D eigenvalue weighted by Gasteiger charge is -2.29. The lowest BCUT2D eigenvalue weighted by atomic mass is 10.0. The van der Waals surface area contributed by atoms with Crippen molar-refractivity contribution < 1.29 is 53.7 Å². The minimum Gasteiger partial charge on any atom is -0.481 e. The van der Waals surface area contributed by atoms with Gasteiger partial charge in [0.15, 0.2) is 0 Å². The number of carbonyl (C=O) groups excluding carboxylic acids is 5. The maximum absolute atomic E-state index is 12.8. The molecule has 0 rings (SSSR count). The van der Waals surface area contributed by atoms with Crippen LogP contribution in [0.25, 0.3) is 0 Å². The van der Waals surface area contributed by atoms with Crippen molar-refractivity contribution in [2.75, 3.05) is 6.54 Å². The molecule has 250 valence electrons. The van der Waals surface area contributed by atoms with E-state index in [-0.39, 0.29) is 6.42 Å². The number of rotatable bonds is 19. The van der Waals surface area contributed by atoms with Crippen molar-refractivity contribution in [1.82, 2.24) is 26.6 Å². The zero-order chi connectivity index (χ0) is 34.6. The van der Waals surface area contributed by atoms with E-state index in [0.29, 0.717) is 0 Å². The van der Waals surface area contributed by atoms with Gasteiger partial charge in [-0.3, -0.25) is 33.6 Å². The average molecular weight is 667 g/mol. The third kappa shape index (κ3) is 15.2. The van der Waals surface area contributed by atoms with Crippen LogP contribution < -0.4 is 32.3 Å². The maximum Gasteiger partial charge on any atom is 0.327 e. The van der Waals surface area contributed by atoms with Crippen LogP contribution in [-0.4, -0.2) is 109 Å². The topological polar surface area (TPSA) is 283 Å². The summed E-state index contributed by atoms with van der Waals surface area (Å²) < 4.78 is -2.19. The normalized spacial score (nSPS) is 14.9. The summed E-state index contributed by atoms with van der Waals surface area (Å²) >= 11 is 8.36. The minimum atomic E-state index is -1.49. The molecular weight excluding hydrogens is 624 g/mol. The quantitative estimate of drug-likeness (QED) is 0.0645. The second-order valence-electron chi connectivity index (χ2n) is 11.1. The number of thiol groups is 2. The standard InChI is InChI=1S/C25H42N6O11S2/c1-11(19(37)29-13(7-9-16(35)36)21(39)31-18(23(41)42)25(4,5)44)28-14(32)10-27-20(38)12(6-8-15(33)34)30-22(40)17(26)24(2,3)43/h11-13,17-18,43-44H,6-10,26H2,1-5H3,(H,27,38)(H,28,32)(H,29,37)(H,30,40)(H,31,39)(H,33,34)(H,35,36)(H,41,42)/t11-,12-,13-,17+,18+/m0/s1. The molecule has 0 aromatic heterocycles. The molecule has 17 nitrogen and oxygen atoms in total. The number of aliphatic carboxylic acids is 3. The molecule has 0 aromatic rings. The smallest absolute Gasteiger partial charge is 0.327 e. The number of hydrogen-bond acceptors (Lipinski definition) is 11. The number of amides is 5. The van der Waals surface area contributed by atoms with Gasteiger partial charge in [-0.25, -0.2) is 4.79 Å². The summed E-state index contributed by atoms with van der Waals surface area (Å²) in [6.07, 6.45) is -1.76. The number of carboxylic acids is 3. The Hall–Kier alpha value is -3.58. The Labute approximate surface area is 265 Å². The highest BCUT2D eigenvalue weighted by Gasteiger charge is 2.36. The molecule has 5 atom stereocenters. The van der Waals surface area contributed by atoms with Crippen LogP contribution in [0.2, 0.25) is 0 Å². The van der Waals surface area contributed by atoms with Crippen LogP contribution in [0.15, 0.2) is 0 Å². The first-order valence-electron chi connectivity index (χ1n) is 13.3. The fraction of sp³-hybridized carbons (Fsp3) is 0.680. The van der Waals surface area contributed by atoms with Crippen LogP contribution >= 0.6 is 25.3 Å². The minimum absolute atomic E-state index is 0.319. The summed E-state index contributed by atoms with van der Waals surface area (Å²) in [6.45, 7) is 6.51. The second kappa shape index (κ2) is 17.6. The molecule has 0 saturated heterocycles. The maximum atomic E-state index is 12.8. The molecule has 0 saturated carbocycles. The monoisotopic (exact) mass is 666 g/mol. The number of nitrogens with two attached hydrogens (primary N) is 1. The summed E-state index contributed by atoms with van der Waals surface area (Å²) in [5, 5.41) is 38.7. The fourth-order valence-corrected chi connectivity index (χ4v) is 3.68. The Bertz CT molecular complexity index is 1110. The van der Waals surface area contributed by atoms with Crippen molar-refractivity contribution in [3.05, 3.63) is 0 Å². The van der Waals surface area contributed by atoms with Crippen LogP contribution in [0, 0.1) is 0 Å². The third-order valence-electron chi connectivity index (χ3n) is 6.04. The molecule has 19 heteroatoms. The highest BCUT2D eigenvalue weighted by atomic mass is 32.1. The van der Waals surface area contributed by atoms with Gasteiger partial charge in [-0.2, -0.15) is 25.3 Å². The first-order chi connectivity index (χ1) is 20.0. The molecule has 44 heavy (non-hydrogen) atoms. The van der Waals surface area contributed by atoms with Gasteiger partial charge in [0.25, 0.3) is 0 Å². The van der Waals surface area contributed by atoms with Crippen LogP contribution in [0.4, 0.5) is 0 Å². The molecule has 0 aliphatic carbocycles. The molecule has 0 radical (unpaired) electrons. The molecule has 10 N–H and O–H groups in total. The zero-order valence-corrected chi connectivity index (χ0v) is 26.8. The van der Waals surface area contributed by atoms with E-state index < -0.39 is 113 Å². The number of nitrogens with one attached hydrogen (secondary N) is 5. The Balaban J connectivity index is 5.38. The molecule has 0 aromatic carbocycles. The molecular formula is C25H42N6O11S2. The number of carboxylic acid groups (broad SMARTS) is 3. The molecule has 0 aliphatic heterocycles. The Morgan fingerprint density at radius 3 is 1.55 bits per heavy atom. The Morgan fingerprint density at radius 2 is 1.14 bits per heavy atom. The van der Waals surface area contributed by atoms with Crippen LogP contribution in [-0.2, 0) is 38.4 Å². The van der Waals surface area contributed by atoms with Gasteiger partial charge in [-0.15, -0.1) is 0 Å². The van der Waals surface area contributed by atoms with Gasteiger partial charge in [0, 0.05) is 22.3 Å². The van der Waals surface area contributed by atoms with E-state index in [1.165, 1.54) is 20.8 Å². The summed E-state index contributed by atoms with van der Waals surface area (Å²) in [4.78, 5) is 96.7. The van der Waals surface area contributed by atoms with Gasteiger partial charge >= 0.3 is 17.9 Å². The summed E-state index contributed by atoms with van der Waals surface area (Å²) in [6, 6.07) is -6.81. The van der Waals surface area contributed by atoms with Crippen molar-refractivity contribution in [1.29, 1.82) is 0 Å². The predicted octanol–water partition coefficient (Wildman–Crippen LogP) is -2.38. The lowest BCUT2D eigenvalue weighted by Crippen LogP contribution is -2.59. The van der Waals surface area contributed by atoms with Crippen LogP contribution in [0.3, 0.4) is 0 Å². The van der Waals surface area contributed by atoms with Crippen LogP contribution in [0.1, 0.15) is 60.3 Å². The van der Waals surface area contributed by atoms with E-state index in [0.717, 1.165) is 0 Å². The molecule has 5 amide bonds. The van der Waals surface area contributed by atoms with Gasteiger partial charge in [-0.05, 0) is 47.5 Å². The second-order valence-corrected chi connectivity index (χ2v) is 13.4. The SMILES string of the molecule is C[C@H](NC(=O)CNC(=O)[C@H](CCC(=O)O)NC(=O)[C@@H](N)C(C)(C)S)C(=O)N[C@@H](CCC(=O)O)C(=O)N[C@H](C(=O)O)C(C)(C)S. The van der Waals surface area contributed by atoms with Gasteiger partial charge in [0.1, 0.15) is 24.2 Å². The molecule has 0 fully saturated rings. The highest BCUT2D eigenvalue weighted by molar-refractivity contribution is 7.82. The lowest BCUT2D eigenvalue weighted by molar-refractivity contribution is -0.143. The van der Waals surface area contributed by atoms with E-state index in [1.807, 2.05) is 0 Å². The fourth-order valence-electron chi connectivity index (χ4n) is 3.38. The van der Waals surface area contributed by atoms with Crippen molar-refractivity contribution >= 4 is 72.7 Å². The molecule has 0 spiro atoms. The van der Waals surface area contributed by atoms with Gasteiger partial charge in [0.2, 0.25) is 29.5 Å². The van der Waals surface area contributed by atoms with Crippen molar-refractivity contribution in [3.8, 4) is 0 Å². The number of hydrogen-bond donors (Lipinski definition) is 11. The van der Waals surface area contributed by atoms with E-state index >= 15 is 0 Å². The first kappa shape index (κ1) is 40.4.